The Kier molecular flexibility index (Phi) is 7.61. The van der Waals surface area contributed by atoms with Gasteiger partial charge in [-0.2, -0.15) is 0 Å². The summed E-state index contributed by atoms with van der Waals surface area (Å²) in [4.78, 5) is 4.73. The molecule has 2 aliphatic rings. The molecule has 1 aliphatic carbocycles. The number of ether oxygens (including phenoxy) is 2. The van der Waals surface area contributed by atoms with Crippen LogP contribution in [0.1, 0.15) is 53.1 Å². The van der Waals surface area contributed by atoms with E-state index >= 15 is 0 Å². The highest BCUT2D eigenvalue weighted by atomic mass is 35.5. The zero-order valence-electron chi connectivity index (χ0n) is 22.8. The van der Waals surface area contributed by atoms with E-state index in [0.29, 0.717) is 41.6 Å². The van der Waals surface area contributed by atoms with Gasteiger partial charge in [-0.15, -0.1) is 0 Å². The van der Waals surface area contributed by atoms with Crippen molar-refractivity contribution in [1.29, 1.82) is 0 Å². The normalized spacial score (nSPS) is 19.2. The van der Waals surface area contributed by atoms with E-state index in [1.54, 1.807) is 0 Å². The molecule has 0 bridgehead atoms. The van der Waals surface area contributed by atoms with Gasteiger partial charge in [-0.05, 0) is 78.8 Å². The van der Waals surface area contributed by atoms with Gasteiger partial charge in [-0.25, -0.2) is 0 Å². The van der Waals surface area contributed by atoms with Crippen molar-refractivity contribution in [2.75, 3.05) is 11.9 Å². The Bertz CT molecular complexity index is 1540. The van der Waals surface area contributed by atoms with Crippen LogP contribution >= 0.6 is 11.6 Å². The summed E-state index contributed by atoms with van der Waals surface area (Å²) in [6.07, 6.45) is 7.60. The average Bonchev–Trinajstić information content (AvgIpc) is 3.47. The summed E-state index contributed by atoms with van der Waals surface area (Å²) in [5.41, 5.74) is 7.94. The summed E-state index contributed by atoms with van der Waals surface area (Å²) >= 11 is 6.65. The lowest BCUT2D eigenvalue weighted by Crippen LogP contribution is -2.28. The molecule has 4 aromatic carbocycles. The van der Waals surface area contributed by atoms with Crippen LogP contribution in [0.3, 0.4) is 0 Å². The minimum atomic E-state index is 0.271. The SMILES string of the molecule is CCOc1cc(C=Nc2ccc([C@@H]3Nc4ccccc4[C@H]4C=CC[C@H]43)cc2)cc(Cl)c1OCc1ccc(C)cc1. The summed E-state index contributed by atoms with van der Waals surface area (Å²) in [5.74, 6) is 2.15. The van der Waals surface area contributed by atoms with Gasteiger partial charge in [0.25, 0.3) is 0 Å². The molecular weight excluding hydrogens is 516 g/mol. The highest BCUT2D eigenvalue weighted by Gasteiger charge is 2.37. The number of para-hydroxylation sites is 1. The monoisotopic (exact) mass is 548 g/mol. The molecule has 1 N–H and O–H groups in total. The number of fused-ring (bicyclic) bond motifs is 3. The second-order valence-electron chi connectivity index (χ2n) is 10.4. The van der Waals surface area contributed by atoms with E-state index in [4.69, 9.17) is 26.1 Å². The molecule has 1 heterocycles. The fourth-order valence-electron chi connectivity index (χ4n) is 5.70. The number of benzene rings is 4. The van der Waals surface area contributed by atoms with Crippen LogP contribution in [0.25, 0.3) is 0 Å². The van der Waals surface area contributed by atoms with Crippen molar-refractivity contribution in [2.24, 2.45) is 10.9 Å². The topological polar surface area (TPSA) is 42.8 Å². The second kappa shape index (κ2) is 11.6. The van der Waals surface area contributed by atoms with Gasteiger partial charge in [0.15, 0.2) is 11.5 Å². The summed E-state index contributed by atoms with van der Waals surface area (Å²) < 4.78 is 12.0. The minimum Gasteiger partial charge on any atom is -0.490 e. The van der Waals surface area contributed by atoms with Crippen molar-refractivity contribution in [3.8, 4) is 11.5 Å². The first-order valence-corrected chi connectivity index (χ1v) is 14.3. The minimum absolute atomic E-state index is 0.271. The van der Waals surface area contributed by atoms with E-state index in [1.165, 1.54) is 22.4 Å². The number of allylic oxidation sites excluding steroid dienone is 2. The predicted octanol–water partition coefficient (Wildman–Crippen LogP) is 9.20. The van der Waals surface area contributed by atoms with Crippen molar-refractivity contribution in [3.63, 3.8) is 0 Å². The molecule has 0 saturated carbocycles. The molecule has 4 nitrogen and oxygen atoms in total. The first-order valence-electron chi connectivity index (χ1n) is 13.9. The summed E-state index contributed by atoms with van der Waals surface area (Å²) in [6.45, 7) is 4.94. The lowest BCUT2D eigenvalue weighted by Gasteiger charge is -2.37. The number of halogens is 1. The fraction of sp³-hybridized carbons (Fsp3) is 0.229. The van der Waals surface area contributed by atoms with Gasteiger partial charge in [0.05, 0.1) is 23.4 Å². The van der Waals surface area contributed by atoms with Crippen molar-refractivity contribution < 1.29 is 9.47 Å². The Morgan fingerprint density at radius 3 is 2.58 bits per heavy atom. The Balaban J connectivity index is 1.17. The molecule has 0 fully saturated rings. The zero-order chi connectivity index (χ0) is 27.5. The van der Waals surface area contributed by atoms with Gasteiger partial charge in [-0.1, -0.05) is 83.9 Å². The Morgan fingerprint density at radius 1 is 0.975 bits per heavy atom. The van der Waals surface area contributed by atoms with Crippen LogP contribution in [-0.4, -0.2) is 12.8 Å². The van der Waals surface area contributed by atoms with Crippen molar-refractivity contribution in [1.82, 2.24) is 0 Å². The van der Waals surface area contributed by atoms with Crippen LogP contribution in [0.15, 0.2) is 102 Å². The van der Waals surface area contributed by atoms with Gasteiger partial charge in [0.2, 0.25) is 0 Å². The molecule has 0 saturated heterocycles. The van der Waals surface area contributed by atoms with Crippen LogP contribution in [0.2, 0.25) is 5.02 Å². The van der Waals surface area contributed by atoms with Gasteiger partial charge in [0, 0.05) is 17.8 Å². The largest absolute Gasteiger partial charge is 0.490 e. The summed E-state index contributed by atoms with van der Waals surface area (Å²) in [6, 6.07) is 29.5. The van der Waals surface area contributed by atoms with E-state index < -0.39 is 0 Å². The maximum Gasteiger partial charge on any atom is 0.180 e. The highest BCUT2D eigenvalue weighted by molar-refractivity contribution is 6.32. The van der Waals surface area contributed by atoms with E-state index in [0.717, 1.165) is 23.2 Å². The molecule has 0 unspecified atom stereocenters. The first-order chi connectivity index (χ1) is 19.6. The number of hydrogen-bond donors (Lipinski definition) is 1. The molecule has 4 aromatic rings. The maximum atomic E-state index is 6.65. The molecule has 1 aliphatic heterocycles. The van der Waals surface area contributed by atoms with Crippen LogP contribution < -0.4 is 14.8 Å². The molecule has 3 atom stereocenters. The average molecular weight is 549 g/mol. The van der Waals surface area contributed by atoms with Crippen molar-refractivity contribution >= 4 is 29.2 Å². The first kappa shape index (κ1) is 26.2. The number of nitrogens with zero attached hydrogens (tertiary/aromatic N) is 1. The standard InChI is InChI=1S/C35H33ClN2O2/c1-3-39-33-20-25(19-31(36)35(33)40-22-24-13-11-23(2)12-14-24)21-37-27-17-15-26(16-18-27)34-30-9-6-8-28(30)29-7-4-5-10-32(29)38-34/h4-8,10-21,28,30,34,38H,3,9,22H2,1-2H3/t28-,30-,34+/m1/s1. The molecule has 0 spiro atoms. The molecule has 40 heavy (non-hydrogen) atoms. The van der Waals surface area contributed by atoms with Gasteiger partial charge >= 0.3 is 0 Å². The number of aryl methyl sites for hydroxylation is 1. The third kappa shape index (κ3) is 5.50. The number of rotatable bonds is 8. The quantitative estimate of drug-likeness (QED) is 0.176. The molecule has 6 rings (SSSR count). The molecule has 0 amide bonds. The number of anilines is 1. The molecular formula is C35H33ClN2O2. The number of hydrogen-bond acceptors (Lipinski definition) is 4. The van der Waals surface area contributed by atoms with E-state index in [-0.39, 0.29) is 6.04 Å². The summed E-state index contributed by atoms with van der Waals surface area (Å²) in [5, 5.41) is 4.29. The maximum absolute atomic E-state index is 6.65. The smallest absolute Gasteiger partial charge is 0.180 e. The van der Waals surface area contributed by atoms with Crippen LogP contribution in [0.5, 0.6) is 11.5 Å². The zero-order valence-corrected chi connectivity index (χ0v) is 23.6. The highest BCUT2D eigenvalue weighted by Crippen LogP contribution is 2.49. The number of nitrogens with one attached hydrogen (secondary N) is 1. The van der Waals surface area contributed by atoms with Crippen LogP contribution in [0.4, 0.5) is 11.4 Å². The lowest BCUT2D eigenvalue weighted by molar-refractivity contribution is 0.269. The van der Waals surface area contributed by atoms with Gasteiger partial charge < -0.3 is 14.8 Å². The molecule has 202 valence electrons. The Hall–Kier alpha value is -4.02. The molecule has 0 aromatic heterocycles. The summed E-state index contributed by atoms with van der Waals surface area (Å²) in [7, 11) is 0. The third-order valence-electron chi connectivity index (χ3n) is 7.72. The van der Waals surface area contributed by atoms with Crippen molar-refractivity contribution in [2.45, 2.75) is 38.8 Å². The van der Waals surface area contributed by atoms with Crippen molar-refractivity contribution in [3.05, 3.63) is 130 Å². The van der Waals surface area contributed by atoms with Crippen LogP contribution in [-0.2, 0) is 6.61 Å². The van der Waals surface area contributed by atoms with E-state index in [9.17, 15) is 0 Å². The van der Waals surface area contributed by atoms with E-state index in [2.05, 4.69) is 97.2 Å². The number of aliphatic imine (C=N–C) groups is 1. The van der Waals surface area contributed by atoms with Gasteiger partial charge in [-0.3, -0.25) is 4.99 Å². The molecule has 0 radical (unpaired) electrons. The van der Waals surface area contributed by atoms with E-state index in [1.807, 2.05) is 25.3 Å². The second-order valence-corrected chi connectivity index (χ2v) is 10.9. The van der Waals surface area contributed by atoms with Crippen LogP contribution in [0, 0.1) is 12.8 Å². The fourth-order valence-corrected chi connectivity index (χ4v) is 5.97. The third-order valence-corrected chi connectivity index (χ3v) is 8.00. The lowest BCUT2D eigenvalue weighted by atomic mass is 9.77. The molecule has 5 heteroatoms. The predicted molar refractivity (Wildman–Crippen MR) is 165 cm³/mol. The Labute approximate surface area is 241 Å². The Morgan fingerprint density at radius 2 is 1.77 bits per heavy atom. The van der Waals surface area contributed by atoms with Gasteiger partial charge in [0.1, 0.15) is 6.61 Å².